The number of rotatable bonds is 4. The summed E-state index contributed by atoms with van der Waals surface area (Å²) in [6.45, 7) is 10.9. The molecule has 0 rings (SSSR count). The summed E-state index contributed by atoms with van der Waals surface area (Å²) in [5, 5.41) is 0. The van der Waals surface area contributed by atoms with Crippen LogP contribution in [0, 0.1) is 5.92 Å². The highest BCUT2D eigenvalue weighted by Crippen LogP contribution is 2.05. The highest BCUT2D eigenvalue weighted by atomic mass is 13.9. The van der Waals surface area contributed by atoms with Gasteiger partial charge in [0.15, 0.2) is 0 Å². The number of allylic oxidation sites excluding steroid dienone is 6. The van der Waals surface area contributed by atoms with Gasteiger partial charge in [0.1, 0.15) is 0 Å². The molecule has 1 atom stereocenters. The highest BCUT2D eigenvalue weighted by Gasteiger charge is 1.88. The van der Waals surface area contributed by atoms with E-state index in [-0.39, 0.29) is 0 Å². The average Bonchev–Trinajstić information content (AvgIpc) is 2.11. The van der Waals surface area contributed by atoms with Crippen molar-refractivity contribution in [3.8, 4) is 0 Å². The smallest absolute Gasteiger partial charge is 0.0261 e. The van der Waals surface area contributed by atoms with Crippen LogP contribution in [0.4, 0.5) is 0 Å². The summed E-state index contributed by atoms with van der Waals surface area (Å²) < 4.78 is 0. The van der Waals surface area contributed by atoms with Crippen molar-refractivity contribution in [1.29, 1.82) is 0 Å². The van der Waals surface area contributed by atoms with Crippen LogP contribution in [0.15, 0.2) is 35.5 Å². The van der Waals surface area contributed by atoms with Crippen LogP contribution >= 0.6 is 0 Å². The van der Waals surface area contributed by atoms with Gasteiger partial charge in [0, 0.05) is 0 Å². The average molecular weight is 178 g/mol. The fourth-order valence-electron chi connectivity index (χ4n) is 0.756. The summed E-state index contributed by atoms with van der Waals surface area (Å²) in [6.07, 6.45) is 9.88. The topological polar surface area (TPSA) is 0 Å². The minimum atomic E-state index is 0.691. The van der Waals surface area contributed by atoms with E-state index in [0.717, 1.165) is 0 Å². The molecule has 0 aliphatic carbocycles. The van der Waals surface area contributed by atoms with Gasteiger partial charge in [-0.1, -0.05) is 55.7 Å². The highest BCUT2D eigenvalue weighted by molar-refractivity contribution is 5.23. The third kappa shape index (κ3) is 6.39. The second-order valence-corrected chi connectivity index (χ2v) is 3.81. The fraction of sp³-hybridized carbons (Fsp3) is 0.538. The Morgan fingerprint density at radius 3 is 2.23 bits per heavy atom. The van der Waals surface area contributed by atoms with Crippen LogP contribution < -0.4 is 0 Å². The van der Waals surface area contributed by atoms with E-state index in [4.69, 9.17) is 0 Å². The van der Waals surface area contributed by atoms with Gasteiger partial charge in [0.2, 0.25) is 0 Å². The molecule has 0 spiro atoms. The van der Waals surface area contributed by atoms with E-state index in [9.17, 15) is 0 Å². The van der Waals surface area contributed by atoms with Gasteiger partial charge in [-0.3, -0.25) is 0 Å². The molecule has 0 aromatic rings. The lowest BCUT2D eigenvalue weighted by Gasteiger charge is -1.97. The van der Waals surface area contributed by atoms with E-state index in [2.05, 4.69) is 58.9 Å². The van der Waals surface area contributed by atoms with Crippen LogP contribution in [-0.4, -0.2) is 0 Å². The molecule has 0 radical (unpaired) electrons. The lowest BCUT2D eigenvalue weighted by atomic mass is 10.1. The normalized spacial score (nSPS) is 13.9. The Hall–Kier alpha value is -0.780. The molecule has 74 valence electrons. The van der Waals surface area contributed by atoms with Gasteiger partial charge in [0.05, 0.1) is 0 Å². The SMILES string of the molecule is CCC(C)/C=C\C=C/C(C)=C(C)C. The minimum absolute atomic E-state index is 0.691. The van der Waals surface area contributed by atoms with Crippen molar-refractivity contribution >= 4 is 0 Å². The third-order valence-electron chi connectivity index (χ3n) is 2.33. The first kappa shape index (κ1) is 12.2. The molecule has 13 heavy (non-hydrogen) atoms. The van der Waals surface area contributed by atoms with E-state index in [1.165, 1.54) is 17.6 Å². The van der Waals surface area contributed by atoms with E-state index in [1.807, 2.05) is 0 Å². The van der Waals surface area contributed by atoms with Crippen LogP contribution in [0.2, 0.25) is 0 Å². The van der Waals surface area contributed by atoms with Gasteiger partial charge in [-0.05, 0) is 26.7 Å². The van der Waals surface area contributed by atoms with Gasteiger partial charge in [-0.2, -0.15) is 0 Å². The van der Waals surface area contributed by atoms with Gasteiger partial charge in [-0.25, -0.2) is 0 Å². The first-order valence-corrected chi connectivity index (χ1v) is 5.06. The number of hydrogen-bond donors (Lipinski definition) is 0. The molecule has 0 N–H and O–H groups in total. The Balaban J connectivity index is 4.02. The molecule has 0 heteroatoms. The Morgan fingerprint density at radius 1 is 1.15 bits per heavy atom. The largest absolute Gasteiger partial charge is 0.0817 e. The Bertz CT molecular complexity index is 212. The fourth-order valence-corrected chi connectivity index (χ4v) is 0.756. The maximum absolute atomic E-state index is 2.24. The van der Waals surface area contributed by atoms with Crippen LogP contribution in [0.1, 0.15) is 41.0 Å². The zero-order valence-corrected chi connectivity index (χ0v) is 9.59. The first-order valence-electron chi connectivity index (χ1n) is 5.06. The van der Waals surface area contributed by atoms with E-state index >= 15 is 0 Å². The standard InChI is InChI=1S/C13H22/c1-6-12(4)9-7-8-10-13(5)11(2)3/h7-10,12H,6H2,1-5H3/b9-7-,10-8-. The van der Waals surface area contributed by atoms with Crippen LogP contribution in [0.25, 0.3) is 0 Å². The van der Waals surface area contributed by atoms with Crippen molar-refractivity contribution in [2.24, 2.45) is 5.92 Å². The molecule has 0 saturated heterocycles. The molecule has 0 aliphatic heterocycles. The third-order valence-corrected chi connectivity index (χ3v) is 2.33. The van der Waals surface area contributed by atoms with Crippen LogP contribution in [0.3, 0.4) is 0 Å². The molecule has 0 fully saturated rings. The van der Waals surface area contributed by atoms with Crippen molar-refractivity contribution < 1.29 is 0 Å². The second kappa shape index (κ2) is 6.71. The zero-order chi connectivity index (χ0) is 10.3. The van der Waals surface area contributed by atoms with Crippen LogP contribution in [-0.2, 0) is 0 Å². The maximum Gasteiger partial charge on any atom is -0.0261 e. The van der Waals surface area contributed by atoms with E-state index in [0.29, 0.717) is 5.92 Å². The van der Waals surface area contributed by atoms with Crippen molar-refractivity contribution in [2.45, 2.75) is 41.0 Å². The summed E-state index contributed by atoms with van der Waals surface area (Å²) >= 11 is 0. The monoisotopic (exact) mass is 178 g/mol. The lowest BCUT2D eigenvalue weighted by molar-refractivity contribution is 0.698. The van der Waals surface area contributed by atoms with Gasteiger partial charge < -0.3 is 0 Å². The molecule has 0 bridgehead atoms. The molecule has 0 aromatic carbocycles. The predicted octanol–water partition coefficient (Wildman–Crippen LogP) is 4.50. The Morgan fingerprint density at radius 2 is 1.77 bits per heavy atom. The van der Waals surface area contributed by atoms with Crippen molar-refractivity contribution in [1.82, 2.24) is 0 Å². The van der Waals surface area contributed by atoms with Gasteiger partial charge >= 0.3 is 0 Å². The lowest BCUT2D eigenvalue weighted by Crippen LogP contribution is -1.82. The van der Waals surface area contributed by atoms with Crippen molar-refractivity contribution in [3.63, 3.8) is 0 Å². The Labute approximate surface area is 83.0 Å². The first-order chi connectivity index (χ1) is 6.07. The molecular weight excluding hydrogens is 156 g/mol. The number of hydrogen-bond acceptors (Lipinski definition) is 0. The molecule has 0 aliphatic rings. The van der Waals surface area contributed by atoms with E-state index < -0.39 is 0 Å². The molecule has 0 saturated carbocycles. The molecule has 0 amide bonds. The van der Waals surface area contributed by atoms with Crippen molar-refractivity contribution in [3.05, 3.63) is 35.5 Å². The molecule has 0 heterocycles. The zero-order valence-electron chi connectivity index (χ0n) is 9.59. The summed E-state index contributed by atoms with van der Waals surface area (Å²) in [6, 6.07) is 0. The summed E-state index contributed by atoms with van der Waals surface area (Å²) in [5.74, 6) is 0.691. The molecule has 0 aromatic heterocycles. The van der Waals surface area contributed by atoms with Gasteiger partial charge in [-0.15, -0.1) is 0 Å². The second-order valence-electron chi connectivity index (χ2n) is 3.81. The quantitative estimate of drug-likeness (QED) is 0.556. The van der Waals surface area contributed by atoms with Crippen LogP contribution in [0.5, 0.6) is 0 Å². The Kier molecular flexibility index (Phi) is 6.30. The van der Waals surface area contributed by atoms with Gasteiger partial charge in [0.25, 0.3) is 0 Å². The summed E-state index contributed by atoms with van der Waals surface area (Å²) in [4.78, 5) is 0. The minimum Gasteiger partial charge on any atom is -0.0817 e. The maximum atomic E-state index is 2.24. The summed E-state index contributed by atoms with van der Waals surface area (Å²) in [5.41, 5.74) is 2.74. The van der Waals surface area contributed by atoms with E-state index in [1.54, 1.807) is 0 Å². The molecule has 0 nitrogen and oxygen atoms in total. The van der Waals surface area contributed by atoms with Crippen molar-refractivity contribution in [2.75, 3.05) is 0 Å². The predicted molar refractivity (Wildman–Crippen MR) is 61.8 cm³/mol. The molecular formula is C13H22. The molecule has 1 unspecified atom stereocenters. The summed E-state index contributed by atoms with van der Waals surface area (Å²) in [7, 11) is 0.